The number of piperidine rings is 1. The van der Waals surface area contributed by atoms with Gasteiger partial charge in [-0.05, 0) is 61.8 Å². The molecule has 7 nitrogen and oxygen atoms in total. The van der Waals surface area contributed by atoms with Gasteiger partial charge in [-0.25, -0.2) is 0 Å². The summed E-state index contributed by atoms with van der Waals surface area (Å²) in [6.07, 6.45) is 6.72. The van der Waals surface area contributed by atoms with Crippen molar-refractivity contribution in [3.63, 3.8) is 0 Å². The summed E-state index contributed by atoms with van der Waals surface area (Å²) in [5.74, 6) is 1.57. The van der Waals surface area contributed by atoms with E-state index in [0.29, 0.717) is 31.8 Å². The summed E-state index contributed by atoms with van der Waals surface area (Å²) in [4.78, 5) is 26.9. The number of nitrogens with one attached hydrogen (secondary N) is 1. The molecule has 4 rings (SSSR count). The maximum Gasteiger partial charge on any atom is 0.226 e. The Balaban J connectivity index is 1.17. The molecule has 0 unspecified atom stereocenters. The van der Waals surface area contributed by atoms with Gasteiger partial charge in [0.05, 0.1) is 25.3 Å². The topological polar surface area (TPSA) is 76.5 Å². The molecule has 1 fully saturated rings. The summed E-state index contributed by atoms with van der Waals surface area (Å²) in [5.41, 5.74) is 3.25. The molecule has 0 radical (unpaired) electrons. The van der Waals surface area contributed by atoms with Gasteiger partial charge in [-0.15, -0.1) is 0 Å². The normalized spacial score (nSPS) is 16.5. The lowest BCUT2D eigenvalue weighted by molar-refractivity contribution is -0.132. The second-order valence-corrected chi connectivity index (χ2v) is 8.67. The van der Waals surface area contributed by atoms with Gasteiger partial charge in [0.15, 0.2) is 0 Å². The number of carbonyl (C=O) groups excluding carboxylic acids is 2. The van der Waals surface area contributed by atoms with Crippen molar-refractivity contribution < 1.29 is 14.3 Å². The molecule has 166 valence electrons. The molecule has 2 aliphatic heterocycles. The third kappa shape index (κ3) is 5.87. The van der Waals surface area contributed by atoms with Crippen molar-refractivity contribution in [3.05, 3.63) is 47.3 Å². The van der Waals surface area contributed by atoms with Crippen LogP contribution in [0.4, 0.5) is 0 Å². The third-order valence-electron chi connectivity index (χ3n) is 6.21. The van der Waals surface area contributed by atoms with Crippen LogP contribution in [0.3, 0.4) is 0 Å². The third-order valence-corrected chi connectivity index (χ3v) is 6.21. The molecule has 0 atom stereocenters. The predicted octanol–water partition coefficient (Wildman–Crippen LogP) is 2.50. The molecule has 3 heterocycles. The molecule has 1 N–H and O–H groups in total. The zero-order valence-corrected chi connectivity index (χ0v) is 18.3. The molecular formula is C24H32N4O3. The molecule has 0 spiro atoms. The van der Waals surface area contributed by atoms with Gasteiger partial charge < -0.3 is 15.0 Å². The van der Waals surface area contributed by atoms with Gasteiger partial charge in [0.25, 0.3) is 0 Å². The van der Waals surface area contributed by atoms with Gasteiger partial charge in [0, 0.05) is 32.3 Å². The van der Waals surface area contributed by atoms with Crippen LogP contribution < -0.4 is 10.1 Å². The van der Waals surface area contributed by atoms with Crippen LogP contribution in [0.2, 0.25) is 0 Å². The standard InChI is InChI=1S/C24H32N4O3/c1-18-6-12-28(26-18)13-9-25-23(29)16-19-7-10-27(11-8-19)24(30)17-20-4-5-22-21(15-20)3-2-14-31-22/h4-6,12,15,19H,2-3,7-11,13-14,16-17H2,1H3,(H,25,29). The summed E-state index contributed by atoms with van der Waals surface area (Å²) in [6.45, 7) is 5.47. The largest absolute Gasteiger partial charge is 0.493 e. The van der Waals surface area contributed by atoms with E-state index in [1.807, 2.05) is 40.9 Å². The van der Waals surface area contributed by atoms with Crippen LogP contribution in [0.15, 0.2) is 30.5 Å². The zero-order valence-electron chi connectivity index (χ0n) is 18.3. The molecule has 1 aromatic heterocycles. The smallest absolute Gasteiger partial charge is 0.226 e. The second-order valence-electron chi connectivity index (χ2n) is 8.67. The Kier molecular flexibility index (Phi) is 6.89. The fraction of sp³-hybridized carbons (Fsp3) is 0.542. The number of aromatic nitrogens is 2. The van der Waals surface area contributed by atoms with Crippen LogP contribution in [0.5, 0.6) is 5.75 Å². The molecule has 0 saturated carbocycles. The van der Waals surface area contributed by atoms with E-state index in [0.717, 1.165) is 62.4 Å². The first-order valence-corrected chi connectivity index (χ1v) is 11.4. The summed E-state index contributed by atoms with van der Waals surface area (Å²) in [7, 11) is 0. The van der Waals surface area contributed by atoms with E-state index >= 15 is 0 Å². The lowest BCUT2D eigenvalue weighted by atomic mass is 9.92. The number of hydrogen-bond donors (Lipinski definition) is 1. The summed E-state index contributed by atoms with van der Waals surface area (Å²) >= 11 is 0. The van der Waals surface area contributed by atoms with Crippen molar-refractivity contribution in [2.24, 2.45) is 5.92 Å². The highest BCUT2D eigenvalue weighted by atomic mass is 16.5. The average molecular weight is 425 g/mol. The fourth-order valence-corrected chi connectivity index (χ4v) is 4.43. The van der Waals surface area contributed by atoms with E-state index in [1.165, 1.54) is 5.56 Å². The van der Waals surface area contributed by atoms with Gasteiger partial charge in [-0.2, -0.15) is 5.10 Å². The van der Waals surface area contributed by atoms with Gasteiger partial charge in [0.1, 0.15) is 5.75 Å². The van der Waals surface area contributed by atoms with Crippen LogP contribution >= 0.6 is 0 Å². The van der Waals surface area contributed by atoms with Crippen molar-refractivity contribution in [3.8, 4) is 5.75 Å². The number of fused-ring (bicyclic) bond motifs is 1. The lowest BCUT2D eigenvalue weighted by Gasteiger charge is -2.32. The fourth-order valence-electron chi connectivity index (χ4n) is 4.43. The first-order valence-electron chi connectivity index (χ1n) is 11.4. The van der Waals surface area contributed by atoms with Crippen molar-refractivity contribution >= 4 is 11.8 Å². The molecular weight excluding hydrogens is 392 g/mol. The number of aryl methyl sites for hydroxylation is 2. The quantitative estimate of drug-likeness (QED) is 0.741. The average Bonchev–Trinajstić information content (AvgIpc) is 3.19. The number of amides is 2. The highest BCUT2D eigenvalue weighted by Gasteiger charge is 2.24. The molecule has 0 aliphatic carbocycles. The lowest BCUT2D eigenvalue weighted by Crippen LogP contribution is -2.40. The van der Waals surface area contributed by atoms with E-state index in [2.05, 4.69) is 16.5 Å². The van der Waals surface area contributed by atoms with Crippen LogP contribution in [-0.4, -0.2) is 52.7 Å². The Labute approximate surface area is 183 Å². The number of ether oxygens (including phenoxy) is 1. The van der Waals surface area contributed by atoms with Crippen LogP contribution in [0.25, 0.3) is 0 Å². The summed E-state index contributed by atoms with van der Waals surface area (Å²) in [5, 5.41) is 7.31. The number of carbonyl (C=O) groups is 2. The maximum absolute atomic E-state index is 12.7. The highest BCUT2D eigenvalue weighted by molar-refractivity contribution is 5.79. The first kappa shape index (κ1) is 21.4. The molecule has 1 aromatic carbocycles. The van der Waals surface area contributed by atoms with Crippen LogP contribution in [0, 0.1) is 12.8 Å². The zero-order chi connectivity index (χ0) is 21.6. The van der Waals surface area contributed by atoms with Crippen molar-refractivity contribution in [2.45, 2.75) is 52.0 Å². The molecule has 0 bridgehead atoms. The Hall–Kier alpha value is -2.83. The number of nitrogens with zero attached hydrogens (tertiary/aromatic N) is 3. The Morgan fingerprint density at radius 2 is 2.06 bits per heavy atom. The SMILES string of the molecule is Cc1ccn(CCNC(=O)CC2CCN(C(=O)Cc3ccc4c(c3)CCCO4)CC2)n1. The molecule has 2 aliphatic rings. The van der Waals surface area contributed by atoms with E-state index in [1.54, 1.807) is 0 Å². The van der Waals surface area contributed by atoms with Gasteiger partial charge in [0.2, 0.25) is 11.8 Å². The van der Waals surface area contributed by atoms with Crippen LogP contribution in [0.1, 0.15) is 42.5 Å². The predicted molar refractivity (Wildman–Crippen MR) is 118 cm³/mol. The first-order chi connectivity index (χ1) is 15.1. The Morgan fingerprint density at radius 3 is 2.84 bits per heavy atom. The highest BCUT2D eigenvalue weighted by Crippen LogP contribution is 2.26. The second kappa shape index (κ2) is 9.98. The minimum atomic E-state index is 0.0879. The van der Waals surface area contributed by atoms with Crippen molar-refractivity contribution in [1.82, 2.24) is 20.0 Å². The number of likely N-dealkylation sites (tertiary alicyclic amines) is 1. The number of benzene rings is 1. The molecule has 31 heavy (non-hydrogen) atoms. The molecule has 2 aromatic rings. The molecule has 2 amide bonds. The van der Waals surface area contributed by atoms with Gasteiger partial charge in [-0.1, -0.05) is 12.1 Å². The number of rotatable bonds is 7. The van der Waals surface area contributed by atoms with E-state index in [4.69, 9.17) is 4.74 Å². The van der Waals surface area contributed by atoms with E-state index < -0.39 is 0 Å². The maximum atomic E-state index is 12.7. The van der Waals surface area contributed by atoms with E-state index in [9.17, 15) is 9.59 Å². The minimum Gasteiger partial charge on any atom is -0.493 e. The summed E-state index contributed by atoms with van der Waals surface area (Å²) < 4.78 is 7.50. The van der Waals surface area contributed by atoms with Gasteiger partial charge >= 0.3 is 0 Å². The van der Waals surface area contributed by atoms with Crippen molar-refractivity contribution in [1.29, 1.82) is 0 Å². The number of hydrogen-bond acceptors (Lipinski definition) is 4. The Morgan fingerprint density at radius 1 is 1.23 bits per heavy atom. The van der Waals surface area contributed by atoms with Crippen molar-refractivity contribution in [2.75, 3.05) is 26.2 Å². The summed E-state index contributed by atoms with van der Waals surface area (Å²) in [6, 6.07) is 8.07. The minimum absolute atomic E-state index is 0.0879. The molecule has 7 heteroatoms. The Bertz CT molecular complexity index is 915. The molecule has 1 saturated heterocycles. The van der Waals surface area contributed by atoms with Gasteiger partial charge in [-0.3, -0.25) is 14.3 Å². The van der Waals surface area contributed by atoms with Crippen LogP contribution in [-0.2, 0) is 29.0 Å². The van der Waals surface area contributed by atoms with E-state index in [-0.39, 0.29) is 11.8 Å². The monoisotopic (exact) mass is 424 g/mol.